The molecule has 1 fully saturated rings. The highest BCUT2D eigenvalue weighted by atomic mass is 32.1. The van der Waals surface area contributed by atoms with Crippen LogP contribution in [-0.2, 0) is 4.74 Å². The van der Waals surface area contributed by atoms with E-state index in [-0.39, 0.29) is 0 Å². The van der Waals surface area contributed by atoms with Crippen molar-refractivity contribution in [3.8, 4) is 0 Å². The smallest absolute Gasteiger partial charge is 0.173 e. The number of piperidine rings is 1. The number of likely N-dealkylation sites (tertiary alicyclic amines) is 1. The molecule has 1 N–H and O–H groups in total. The SMILES string of the molecule is COCCN(C(=S)Nc1ccc(C)cc1C)C1CCN(C(C)C)CC1. The zero-order valence-electron chi connectivity index (χ0n) is 16.3. The number of benzene rings is 1. The Morgan fingerprint density at radius 3 is 2.56 bits per heavy atom. The summed E-state index contributed by atoms with van der Waals surface area (Å²) in [5, 5.41) is 4.28. The van der Waals surface area contributed by atoms with Crippen LogP contribution in [0.3, 0.4) is 0 Å². The number of methoxy groups -OCH3 is 1. The molecule has 5 heteroatoms. The maximum Gasteiger partial charge on any atom is 0.173 e. The first-order valence-electron chi connectivity index (χ1n) is 9.30. The Hall–Kier alpha value is -1.17. The van der Waals surface area contributed by atoms with Crippen molar-refractivity contribution in [2.45, 2.75) is 52.6 Å². The summed E-state index contributed by atoms with van der Waals surface area (Å²) >= 11 is 5.77. The average molecular weight is 364 g/mol. The van der Waals surface area contributed by atoms with E-state index in [1.54, 1.807) is 7.11 Å². The number of aryl methyl sites for hydroxylation is 2. The van der Waals surface area contributed by atoms with Crippen molar-refractivity contribution < 1.29 is 4.74 Å². The molecular weight excluding hydrogens is 330 g/mol. The van der Waals surface area contributed by atoms with Crippen molar-refractivity contribution in [2.24, 2.45) is 0 Å². The van der Waals surface area contributed by atoms with Gasteiger partial charge in [-0.15, -0.1) is 0 Å². The quantitative estimate of drug-likeness (QED) is 0.776. The predicted molar refractivity (Wildman–Crippen MR) is 110 cm³/mol. The van der Waals surface area contributed by atoms with Crippen LogP contribution in [0.4, 0.5) is 5.69 Å². The van der Waals surface area contributed by atoms with Crippen LogP contribution in [0.15, 0.2) is 18.2 Å². The molecular formula is C20H33N3OS. The number of rotatable bonds is 6. The minimum atomic E-state index is 0.482. The fraction of sp³-hybridized carbons (Fsp3) is 0.650. The molecule has 25 heavy (non-hydrogen) atoms. The number of thiocarbonyl (C=S) groups is 1. The summed E-state index contributed by atoms with van der Waals surface area (Å²) in [6.45, 7) is 12.6. The summed E-state index contributed by atoms with van der Waals surface area (Å²) in [5.74, 6) is 0. The molecule has 0 atom stereocenters. The van der Waals surface area contributed by atoms with E-state index >= 15 is 0 Å². The molecule has 1 heterocycles. The van der Waals surface area contributed by atoms with Gasteiger partial charge in [-0.3, -0.25) is 0 Å². The van der Waals surface area contributed by atoms with Crippen LogP contribution in [0.5, 0.6) is 0 Å². The Morgan fingerprint density at radius 1 is 1.32 bits per heavy atom. The minimum absolute atomic E-state index is 0.482. The van der Waals surface area contributed by atoms with Crippen molar-refractivity contribution in [3.05, 3.63) is 29.3 Å². The van der Waals surface area contributed by atoms with Gasteiger partial charge >= 0.3 is 0 Å². The Kier molecular flexibility index (Phi) is 7.66. The van der Waals surface area contributed by atoms with Crippen molar-refractivity contribution >= 4 is 23.0 Å². The van der Waals surface area contributed by atoms with E-state index in [1.807, 2.05) is 0 Å². The van der Waals surface area contributed by atoms with E-state index in [9.17, 15) is 0 Å². The van der Waals surface area contributed by atoms with Crippen LogP contribution >= 0.6 is 12.2 Å². The lowest BCUT2D eigenvalue weighted by atomic mass is 10.0. The van der Waals surface area contributed by atoms with Gasteiger partial charge in [0.15, 0.2) is 5.11 Å². The standard InChI is InChI=1S/C20H33N3OS/c1-15(2)22-10-8-18(9-11-22)23(12-13-24-5)20(25)21-19-7-6-16(3)14-17(19)4/h6-7,14-15,18H,8-13H2,1-5H3,(H,21,25). The van der Waals surface area contributed by atoms with Crippen LogP contribution in [0.2, 0.25) is 0 Å². The van der Waals surface area contributed by atoms with Gasteiger partial charge in [0.05, 0.1) is 6.61 Å². The van der Waals surface area contributed by atoms with Crippen LogP contribution < -0.4 is 5.32 Å². The van der Waals surface area contributed by atoms with Gasteiger partial charge < -0.3 is 19.9 Å². The number of hydrogen-bond donors (Lipinski definition) is 1. The lowest BCUT2D eigenvalue weighted by Gasteiger charge is -2.41. The number of hydrogen-bond acceptors (Lipinski definition) is 3. The van der Waals surface area contributed by atoms with E-state index in [0.29, 0.717) is 18.7 Å². The zero-order valence-corrected chi connectivity index (χ0v) is 17.2. The lowest BCUT2D eigenvalue weighted by Crippen LogP contribution is -2.50. The average Bonchev–Trinajstić information content (AvgIpc) is 2.58. The summed E-state index contributed by atoms with van der Waals surface area (Å²) in [7, 11) is 1.75. The van der Waals surface area contributed by atoms with Crippen LogP contribution in [0.25, 0.3) is 0 Å². The van der Waals surface area contributed by atoms with E-state index in [4.69, 9.17) is 17.0 Å². The summed E-state index contributed by atoms with van der Waals surface area (Å²) in [4.78, 5) is 4.88. The zero-order chi connectivity index (χ0) is 18.4. The van der Waals surface area contributed by atoms with E-state index < -0.39 is 0 Å². The number of nitrogens with zero attached hydrogens (tertiary/aromatic N) is 2. The van der Waals surface area contributed by atoms with Gasteiger partial charge in [0.2, 0.25) is 0 Å². The van der Waals surface area contributed by atoms with Gasteiger partial charge in [0.1, 0.15) is 0 Å². The highest BCUT2D eigenvalue weighted by Gasteiger charge is 2.27. The summed E-state index contributed by atoms with van der Waals surface area (Å²) in [6.07, 6.45) is 2.30. The molecule has 0 aliphatic carbocycles. The number of nitrogens with one attached hydrogen (secondary N) is 1. The summed E-state index contributed by atoms with van der Waals surface area (Å²) < 4.78 is 5.32. The summed E-state index contributed by atoms with van der Waals surface area (Å²) in [6, 6.07) is 7.53. The Morgan fingerprint density at radius 2 is 2.00 bits per heavy atom. The molecule has 1 aliphatic rings. The minimum Gasteiger partial charge on any atom is -0.383 e. The summed E-state index contributed by atoms with van der Waals surface area (Å²) in [5.41, 5.74) is 3.59. The molecule has 0 saturated carbocycles. The van der Waals surface area contributed by atoms with Gasteiger partial charge in [0.25, 0.3) is 0 Å². The van der Waals surface area contributed by atoms with Gasteiger partial charge in [-0.05, 0) is 64.4 Å². The molecule has 1 aliphatic heterocycles. The Labute approximate surface area is 158 Å². The second kappa shape index (κ2) is 9.51. The fourth-order valence-electron chi connectivity index (χ4n) is 3.49. The molecule has 1 saturated heterocycles. The number of ether oxygens (including phenoxy) is 1. The maximum absolute atomic E-state index is 5.77. The first kappa shape index (κ1) is 20.1. The molecule has 140 valence electrons. The van der Waals surface area contributed by atoms with Crippen molar-refractivity contribution in [1.82, 2.24) is 9.80 Å². The highest BCUT2D eigenvalue weighted by molar-refractivity contribution is 7.80. The third-order valence-corrected chi connectivity index (χ3v) is 5.43. The van der Waals surface area contributed by atoms with Crippen LogP contribution in [0, 0.1) is 13.8 Å². The molecule has 1 aromatic carbocycles. The molecule has 2 rings (SSSR count). The van der Waals surface area contributed by atoms with Gasteiger partial charge in [-0.25, -0.2) is 0 Å². The molecule has 4 nitrogen and oxygen atoms in total. The largest absolute Gasteiger partial charge is 0.383 e. The van der Waals surface area contributed by atoms with Gasteiger partial charge in [0, 0.05) is 44.5 Å². The second-order valence-corrected chi connectivity index (χ2v) is 7.68. The van der Waals surface area contributed by atoms with Crippen molar-refractivity contribution in [2.75, 3.05) is 38.7 Å². The molecule has 0 radical (unpaired) electrons. The molecule has 0 bridgehead atoms. The molecule has 0 amide bonds. The van der Waals surface area contributed by atoms with Gasteiger partial charge in [-0.2, -0.15) is 0 Å². The topological polar surface area (TPSA) is 27.7 Å². The van der Waals surface area contributed by atoms with Crippen LogP contribution in [-0.4, -0.2) is 60.3 Å². The Bertz CT molecular complexity index is 568. The maximum atomic E-state index is 5.77. The monoisotopic (exact) mass is 363 g/mol. The molecule has 0 aromatic heterocycles. The first-order valence-corrected chi connectivity index (χ1v) is 9.71. The third kappa shape index (κ3) is 5.66. The Balaban J connectivity index is 2.04. The first-order chi connectivity index (χ1) is 11.9. The number of anilines is 1. The predicted octanol–water partition coefficient (Wildman–Crippen LogP) is 3.82. The van der Waals surface area contributed by atoms with Gasteiger partial charge in [-0.1, -0.05) is 17.7 Å². The fourth-order valence-corrected chi connectivity index (χ4v) is 3.84. The lowest BCUT2D eigenvalue weighted by molar-refractivity contribution is 0.108. The van der Waals surface area contributed by atoms with Crippen molar-refractivity contribution in [3.63, 3.8) is 0 Å². The van der Waals surface area contributed by atoms with E-state index in [0.717, 1.165) is 43.3 Å². The van der Waals surface area contributed by atoms with Crippen LogP contribution in [0.1, 0.15) is 37.8 Å². The molecule has 0 unspecified atom stereocenters. The van der Waals surface area contributed by atoms with Crippen molar-refractivity contribution in [1.29, 1.82) is 0 Å². The van der Waals surface area contributed by atoms with E-state index in [1.165, 1.54) is 11.1 Å². The third-order valence-electron chi connectivity index (χ3n) is 5.09. The highest BCUT2D eigenvalue weighted by Crippen LogP contribution is 2.21. The molecule has 0 spiro atoms. The molecule has 1 aromatic rings. The second-order valence-electron chi connectivity index (χ2n) is 7.30. The normalized spacial score (nSPS) is 16.2. The van der Waals surface area contributed by atoms with E-state index in [2.05, 4.69) is 61.0 Å².